The lowest BCUT2D eigenvalue weighted by molar-refractivity contribution is -0.0944. The average Bonchev–Trinajstić information content (AvgIpc) is 2.38. The Morgan fingerprint density at radius 3 is 2.68 bits per heavy atom. The Hall–Kier alpha value is -1.85. The summed E-state index contributed by atoms with van der Waals surface area (Å²) in [6, 6.07) is 3.27. The van der Waals surface area contributed by atoms with Crippen LogP contribution in [0.1, 0.15) is 23.7 Å². The standard InChI is InChI=1S/C13H13F3N2O/c1-9(19)11-3-2-6-17-12(11)18-7-4-10(5-8-18)13(14,15)16/h2-4,6H,5,7-8H2,1H3. The maximum Gasteiger partial charge on any atom is 0.412 e. The molecule has 2 heterocycles. The normalized spacial score (nSPS) is 16.2. The number of pyridine rings is 1. The molecule has 0 saturated carbocycles. The van der Waals surface area contributed by atoms with Gasteiger partial charge in [-0.1, -0.05) is 6.08 Å². The van der Waals surface area contributed by atoms with E-state index in [-0.39, 0.29) is 25.3 Å². The zero-order valence-electron chi connectivity index (χ0n) is 10.4. The summed E-state index contributed by atoms with van der Waals surface area (Å²) in [6.07, 6.45) is -1.66. The molecule has 0 aromatic carbocycles. The highest BCUT2D eigenvalue weighted by molar-refractivity contribution is 5.98. The van der Waals surface area contributed by atoms with Crippen LogP contribution in [-0.4, -0.2) is 30.0 Å². The summed E-state index contributed by atoms with van der Waals surface area (Å²) in [4.78, 5) is 17.3. The second-order valence-corrected chi connectivity index (χ2v) is 4.35. The molecule has 0 atom stereocenters. The first kappa shape index (κ1) is 13.6. The van der Waals surface area contributed by atoms with E-state index in [4.69, 9.17) is 0 Å². The predicted molar refractivity (Wildman–Crippen MR) is 65.2 cm³/mol. The van der Waals surface area contributed by atoms with Gasteiger partial charge >= 0.3 is 6.18 Å². The van der Waals surface area contributed by atoms with Crippen LogP contribution >= 0.6 is 0 Å². The molecule has 0 bridgehead atoms. The van der Waals surface area contributed by atoms with Crippen LogP contribution in [0.15, 0.2) is 30.0 Å². The van der Waals surface area contributed by atoms with Crippen LogP contribution in [0.25, 0.3) is 0 Å². The van der Waals surface area contributed by atoms with Crippen molar-refractivity contribution in [1.29, 1.82) is 0 Å². The Bertz CT molecular complexity index is 523. The molecule has 0 spiro atoms. The number of Topliss-reactive ketones (excluding diaryl/α,β-unsaturated/α-hetero) is 1. The van der Waals surface area contributed by atoms with Gasteiger partial charge in [-0.2, -0.15) is 13.2 Å². The van der Waals surface area contributed by atoms with Gasteiger partial charge in [0.25, 0.3) is 0 Å². The minimum atomic E-state index is -4.26. The fraction of sp³-hybridized carbons (Fsp3) is 0.385. The number of anilines is 1. The quantitative estimate of drug-likeness (QED) is 0.612. The molecule has 0 N–H and O–H groups in total. The van der Waals surface area contributed by atoms with Crippen LogP contribution in [0.5, 0.6) is 0 Å². The Labute approximate surface area is 108 Å². The van der Waals surface area contributed by atoms with Gasteiger partial charge in [-0.25, -0.2) is 4.98 Å². The molecule has 6 heteroatoms. The zero-order chi connectivity index (χ0) is 14.0. The Morgan fingerprint density at radius 2 is 2.16 bits per heavy atom. The van der Waals surface area contributed by atoms with Gasteiger partial charge in [-0.05, 0) is 25.5 Å². The van der Waals surface area contributed by atoms with E-state index in [1.165, 1.54) is 13.1 Å². The number of carbonyl (C=O) groups is 1. The van der Waals surface area contributed by atoms with E-state index in [2.05, 4.69) is 4.98 Å². The lowest BCUT2D eigenvalue weighted by Gasteiger charge is -2.29. The number of hydrogen-bond acceptors (Lipinski definition) is 3. The van der Waals surface area contributed by atoms with Crippen LogP contribution in [0.2, 0.25) is 0 Å². The van der Waals surface area contributed by atoms with E-state index < -0.39 is 11.7 Å². The topological polar surface area (TPSA) is 33.2 Å². The molecule has 1 aromatic rings. The fourth-order valence-electron chi connectivity index (χ4n) is 2.04. The van der Waals surface area contributed by atoms with Gasteiger partial charge in [0.1, 0.15) is 5.82 Å². The van der Waals surface area contributed by atoms with E-state index in [1.54, 1.807) is 17.0 Å². The van der Waals surface area contributed by atoms with E-state index >= 15 is 0 Å². The summed E-state index contributed by atoms with van der Waals surface area (Å²) in [6.45, 7) is 1.75. The molecule has 0 fully saturated rings. The van der Waals surface area contributed by atoms with Gasteiger partial charge in [0, 0.05) is 24.9 Å². The van der Waals surface area contributed by atoms with E-state index in [1.807, 2.05) is 0 Å². The summed E-state index contributed by atoms with van der Waals surface area (Å²) in [5.74, 6) is 0.307. The third-order valence-corrected chi connectivity index (χ3v) is 3.04. The highest BCUT2D eigenvalue weighted by atomic mass is 19.4. The van der Waals surface area contributed by atoms with Gasteiger partial charge in [0.2, 0.25) is 0 Å². The number of rotatable bonds is 2. The monoisotopic (exact) mass is 270 g/mol. The van der Waals surface area contributed by atoms with Crippen molar-refractivity contribution in [3.63, 3.8) is 0 Å². The van der Waals surface area contributed by atoms with Crippen LogP contribution in [0.4, 0.5) is 19.0 Å². The van der Waals surface area contributed by atoms with Crippen molar-refractivity contribution in [2.45, 2.75) is 19.5 Å². The van der Waals surface area contributed by atoms with Gasteiger partial charge in [0.05, 0.1) is 5.56 Å². The molecule has 0 aliphatic carbocycles. The van der Waals surface area contributed by atoms with Crippen LogP contribution in [-0.2, 0) is 0 Å². The first-order valence-electron chi connectivity index (χ1n) is 5.86. The van der Waals surface area contributed by atoms with Crippen LogP contribution < -0.4 is 4.90 Å². The van der Waals surface area contributed by atoms with Crippen molar-refractivity contribution in [2.24, 2.45) is 0 Å². The minimum Gasteiger partial charge on any atom is -0.352 e. The summed E-state index contributed by atoms with van der Waals surface area (Å²) in [5.41, 5.74) is -0.0737. The largest absolute Gasteiger partial charge is 0.412 e. The number of halogens is 3. The number of alkyl halides is 3. The Balaban J connectivity index is 2.23. The van der Waals surface area contributed by atoms with Crippen molar-refractivity contribution in [1.82, 2.24) is 4.98 Å². The summed E-state index contributed by atoms with van der Waals surface area (Å²) in [7, 11) is 0. The molecule has 0 unspecified atom stereocenters. The van der Waals surface area contributed by atoms with Crippen LogP contribution in [0.3, 0.4) is 0 Å². The highest BCUT2D eigenvalue weighted by Gasteiger charge is 2.35. The smallest absolute Gasteiger partial charge is 0.352 e. The average molecular weight is 270 g/mol. The van der Waals surface area contributed by atoms with Gasteiger partial charge in [0.15, 0.2) is 5.78 Å². The lowest BCUT2D eigenvalue weighted by atomic mass is 10.1. The lowest BCUT2D eigenvalue weighted by Crippen LogP contribution is -2.33. The third kappa shape index (κ3) is 2.94. The predicted octanol–water partition coefficient (Wildman–Crippen LogP) is 2.98. The van der Waals surface area contributed by atoms with Crippen molar-refractivity contribution < 1.29 is 18.0 Å². The van der Waals surface area contributed by atoms with E-state index in [9.17, 15) is 18.0 Å². The number of hydrogen-bond donors (Lipinski definition) is 0. The first-order valence-corrected chi connectivity index (χ1v) is 5.86. The van der Waals surface area contributed by atoms with Crippen molar-refractivity contribution in [3.8, 4) is 0 Å². The van der Waals surface area contributed by atoms with Gasteiger partial charge in [-0.3, -0.25) is 4.79 Å². The number of ketones is 1. The number of carbonyl (C=O) groups excluding carboxylic acids is 1. The number of nitrogens with zero attached hydrogens (tertiary/aromatic N) is 2. The van der Waals surface area contributed by atoms with E-state index in [0.717, 1.165) is 6.08 Å². The molecular formula is C13H13F3N2O. The van der Waals surface area contributed by atoms with Crippen molar-refractivity contribution >= 4 is 11.6 Å². The van der Waals surface area contributed by atoms with E-state index in [0.29, 0.717) is 11.4 Å². The maximum absolute atomic E-state index is 12.5. The Morgan fingerprint density at radius 1 is 1.42 bits per heavy atom. The highest BCUT2D eigenvalue weighted by Crippen LogP contribution is 2.31. The first-order chi connectivity index (χ1) is 8.89. The minimum absolute atomic E-state index is 0.0859. The molecule has 0 saturated heterocycles. The summed E-state index contributed by atoms with van der Waals surface area (Å²) >= 11 is 0. The zero-order valence-corrected chi connectivity index (χ0v) is 10.4. The molecule has 1 aliphatic heterocycles. The second kappa shape index (κ2) is 5.03. The molecule has 0 amide bonds. The third-order valence-electron chi connectivity index (χ3n) is 3.04. The molecule has 19 heavy (non-hydrogen) atoms. The maximum atomic E-state index is 12.5. The fourth-order valence-corrected chi connectivity index (χ4v) is 2.04. The van der Waals surface area contributed by atoms with Crippen molar-refractivity contribution in [2.75, 3.05) is 18.0 Å². The molecule has 1 aromatic heterocycles. The second-order valence-electron chi connectivity index (χ2n) is 4.35. The Kier molecular flexibility index (Phi) is 3.59. The summed E-state index contributed by atoms with van der Waals surface area (Å²) in [5, 5.41) is 0. The molecule has 0 radical (unpaired) electrons. The van der Waals surface area contributed by atoms with Crippen molar-refractivity contribution in [3.05, 3.63) is 35.5 Å². The van der Waals surface area contributed by atoms with Gasteiger partial charge in [-0.15, -0.1) is 0 Å². The molecule has 1 aliphatic rings. The molecule has 3 nitrogen and oxygen atoms in total. The number of aromatic nitrogens is 1. The molecule has 102 valence electrons. The van der Waals surface area contributed by atoms with Gasteiger partial charge < -0.3 is 4.90 Å². The van der Waals surface area contributed by atoms with Crippen LogP contribution in [0, 0.1) is 0 Å². The molecular weight excluding hydrogens is 257 g/mol. The SMILES string of the molecule is CC(=O)c1cccnc1N1CC=C(C(F)(F)F)CC1. The summed E-state index contributed by atoms with van der Waals surface area (Å²) < 4.78 is 37.6. The molecule has 2 rings (SSSR count).